The van der Waals surface area contributed by atoms with Crippen LogP contribution >= 0.6 is 11.8 Å². The molecule has 3 nitrogen and oxygen atoms in total. The maximum absolute atomic E-state index is 4.76. The molecule has 0 saturated carbocycles. The van der Waals surface area contributed by atoms with Crippen molar-refractivity contribution in [2.24, 2.45) is 0 Å². The van der Waals surface area contributed by atoms with Gasteiger partial charge in [0, 0.05) is 28.4 Å². The van der Waals surface area contributed by atoms with Crippen LogP contribution in [0.5, 0.6) is 0 Å². The Kier molecular flexibility index (Phi) is 3.60. The third-order valence-corrected chi connectivity index (χ3v) is 4.56. The molecule has 23 heavy (non-hydrogen) atoms. The Morgan fingerprint density at radius 3 is 2.39 bits per heavy atom. The third-order valence-electron chi connectivity index (χ3n) is 3.81. The highest BCUT2D eigenvalue weighted by Crippen LogP contribution is 2.32. The molecule has 0 saturated heterocycles. The highest BCUT2D eigenvalue weighted by Gasteiger charge is 2.16. The van der Waals surface area contributed by atoms with Crippen LogP contribution in [-0.4, -0.2) is 20.6 Å². The standard InChI is InChI=1S/C19H15N3S/c1-23-16-10-8-14(9-11-16)17-18(15-6-3-2-4-7-15)22-13-5-12-20-19(22)21-17/h2-13H,1H3. The van der Waals surface area contributed by atoms with Crippen LogP contribution in [0, 0.1) is 0 Å². The fourth-order valence-electron chi connectivity index (χ4n) is 2.71. The monoisotopic (exact) mass is 317 g/mol. The first-order valence-electron chi connectivity index (χ1n) is 7.40. The first-order chi connectivity index (χ1) is 11.4. The van der Waals surface area contributed by atoms with E-state index in [1.165, 1.54) is 4.90 Å². The molecule has 2 aromatic carbocycles. The zero-order valence-electron chi connectivity index (χ0n) is 12.7. The summed E-state index contributed by atoms with van der Waals surface area (Å²) in [5, 5.41) is 0. The van der Waals surface area contributed by atoms with Crippen LogP contribution in [-0.2, 0) is 0 Å². The second kappa shape index (κ2) is 5.89. The molecule has 0 aliphatic carbocycles. The van der Waals surface area contributed by atoms with Gasteiger partial charge in [-0.05, 0) is 24.5 Å². The summed E-state index contributed by atoms with van der Waals surface area (Å²) in [6.07, 6.45) is 5.87. The summed E-state index contributed by atoms with van der Waals surface area (Å²) in [6.45, 7) is 0. The van der Waals surface area contributed by atoms with E-state index in [9.17, 15) is 0 Å². The molecule has 4 heteroatoms. The van der Waals surface area contributed by atoms with E-state index in [0.29, 0.717) is 0 Å². The van der Waals surface area contributed by atoms with E-state index in [2.05, 4.69) is 47.6 Å². The van der Waals surface area contributed by atoms with Gasteiger partial charge in [-0.3, -0.25) is 4.40 Å². The molecule has 0 aliphatic heterocycles. The second-order valence-electron chi connectivity index (χ2n) is 5.19. The maximum Gasteiger partial charge on any atom is 0.234 e. The van der Waals surface area contributed by atoms with Crippen molar-refractivity contribution in [3.8, 4) is 22.5 Å². The lowest BCUT2D eigenvalue weighted by Gasteiger charge is -2.06. The predicted octanol–water partition coefficient (Wildman–Crippen LogP) is 4.79. The Morgan fingerprint density at radius 1 is 0.870 bits per heavy atom. The SMILES string of the molecule is CSc1ccc(-c2nc3ncccn3c2-c2ccccc2)cc1. The molecular formula is C19H15N3S. The van der Waals surface area contributed by atoms with Gasteiger partial charge in [0.2, 0.25) is 5.78 Å². The number of imidazole rings is 1. The molecule has 2 heterocycles. The smallest absolute Gasteiger partial charge is 0.234 e. The van der Waals surface area contributed by atoms with Gasteiger partial charge in [-0.1, -0.05) is 42.5 Å². The Bertz CT molecular complexity index is 943. The van der Waals surface area contributed by atoms with Gasteiger partial charge in [-0.15, -0.1) is 11.8 Å². The second-order valence-corrected chi connectivity index (χ2v) is 6.07. The van der Waals surface area contributed by atoms with Crippen LogP contribution in [0.15, 0.2) is 78.0 Å². The number of fused-ring (bicyclic) bond motifs is 1. The first-order valence-corrected chi connectivity index (χ1v) is 8.62. The Labute approximate surface area is 139 Å². The normalized spacial score (nSPS) is 11.0. The molecule has 112 valence electrons. The largest absolute Gasteiger partial charge is 0.283 e. The molecule has 0 aliphatic rings. The van der Waals surface area contributed by atoms with Gasteiger partial charge in [-0.2, -0.15) is 0 Å². The summed E-state index contributed by atoms with van der Waals surface area (Å²) in [7, 11) is 0. The number of aromatic nitrogens is 3. The van der Waals surface area contributed by atoms with Crippen molar-refractivity contribution < 1.29 is 0 Å². The van der Waals surface area contributed by atoms with Crippen LogP contribution < -0.4 is 0 Å². The van der Waals surface area contributed by atoms with Gasteiger partial charge in [-0.25, -0.2) is 9.97 Å². The van der Waals surface area contributed by atoms with Crippen molar-refractivity contribution in [2.75, 3.05) is 6.26 Å². The summed E-state index contributed by atoms with van der Waals surface area (Å²) >= 11 is 1.74. The fourth-order valence-corrected chi connectivity index (χ4v) is 3.12. The van der Waals surface area contributed by atoms with Crippen molar-refractivity contribution in [3.05, 3.63) is 73.1 Å². The lowest BCUT2D eigenvalue weighted by Crippen LogP contribution is -1.90. The number of hydrogen-bond acceptors (Lipinski definition) is 3. The van der Waals surface area contributed by atoms with E-state index in [0.717, 1.165) is 28.3 Å². The lowest BCUT2D eigenvalue weighted by molar-refractivity contribution is 1.11. The zero-order valence-corrected chi connectivity index (χ0v) is 13.5. The fraction of sp³-hybridized carbons (Fsp3) is 0.0526. The average molecular weight is 317 g/mol. The molecule has 2 aromatic heterocycles. The Morgan fingerprint density at radius 2 is 1.65 bits per heavy atom. The number of nitrogens with zero attached hydrogens (tertiary/aromatic N) is 3. The minimum absolute atomic E-state index is 0.718. The molecule has 4 aromatic rings. The molecule has 0 N–H and O–H groups in total. The number of rotatable bonds is 3. The summed E-state index contributed by atoms with van der Waals surface area (Å²) in [5.74, 6) is 0.718. The van der Waals surface area contributed by atoms with Crippen LogP contribution in [0.25, 0.3) is 28.3 Å². The van der Waals surface area contributed by atoms with Crippen molar-refractivity contribution in [1.29, 1.82) is 0 Å². The number of thioether (sulfide) groups is 1. The molecule has 4 rings (SSSR count). The van der Waals surface area contributed by atoms with E-state index < -0.39 is 0 Å². The van der Waals surface area contributed by atoms with E-state index in [-0.39, 0.29) is 0 Å². The molecule has 0 bridgehead atoms. The van der Waals surface area contributed by atoms with Gasteiger partial charge < -0.3 is 0 Å². The van der Waals surface area contributed by atoms with E-state index in [1.807, 2.05) is 34.9 Å². The summed E-state index contributed by atoms with van der Waals surface area (Å²) in [4.78, 5) is 10.4. The van der Waals surface area contributed by atoms with Gasteiger partial charge in [0.05, 0.1) is 11.4 Å². The molecule has 0 radical (unpaired) electrons. The zero-order chi connectivity index (χ0) is 15.6. The maximum atomic E-state index is 4.76. The molecule has 0 amide bonds. The van der Waals surface area contributed by atoms with Crippen molar-refractivity contribution >= 4 is 17.5 Å². The van der Waals surface area contributed by atoms with Gasteiger partial charge in [0.25, 0.3) is 0 Å². The van der Waals surface area contributed by atoms with Crippen LogP contribution in [0.3, 0.4) is 0 Å². The first kappa shape index (κ1) is 14.0. The Balaban J connectivity index is 1.98. The van der Waals surface area contributed by atoms with Crippen molar-refractivity contribution in [1.82, 2.24) is 14.4 Å². The molecular weight excluding hydrogens is 302 g/mol. The Hall–Kier alpha value is -2.59. The van der Waals surface area contributed by atoms with Crippen LogP contribution in [0.1, 0.15) is 0 Å². The molecule has 0 atom stereocenters. The van der Waals surface area contributed by atoms with E-state index in [1.54, 1.807) is 18.0 Å². The van der Waals surface area contributed by atoms with Gasteiger partial charge in [0.1, 0.15) is 0 Å². The predicted molar refractivity (Wildman–Crippen MR) is 95.6 cm³/mol. The molecule has 0 unspecified atom stereocenters. The van der Waals surface area contributed by atoms with Crippen molar-refractivity contribution in [3.63, 3.8) is 0 Å². The van der Waals surface area contributed by atoms with E-state index in [4.69, 9.17) is 4.98 Å². The highest BCUT2D eigenvalue weighted by atomic mass is 32.2. The molecule has 0 fully saturated rings. The van der Waals surface area contributed by atoms with Crippen LogP contribution in [0.4, 0.5) is 0 Å². The summed E-state index contributed by atoms with van der Waals surface area (Å²) < 4.78 is 2.05. The average Bonchev–Trinajstić information content (AvgIpc) is 3.02. The summed E-state index contributed by atoms with van der Waals surface area (Å²) in [6, 6.07) is 20.8. The minimum atomic E-state index is 0.718. The minimum Gasteiger partial charge on any atom is -0.283 e. The quantitative estimate of drug-likeness (QED) is 0.509. The highest BCUT2D eigenvalue weighted by molar-refractivity contribution is 7.98. The number of hydrogen-bond donors (Lipinski definition) is 0. The van der Waals surface area contributed by atoms with Crippen LogP contribution in [0.2, 0.25) is 0 Å². The summed E-state index contributed by atoms with van der Waals surface area (Å²) in [5.41, 5.74) is 4.28. The van der Waals surface area contributed by atoms with Crippen molar-refractivity contribution in [2.45, 2.75) is 4.90 Å². The van der Waals surface area contributed by atoms with Gasteiger partial charge in [0.15, 0.2) is 0 Å². The lowest BCUT2D eigenvalue weighted by atomic mass is 10.1. The van der Waals surface area contributed by atoms with Gasteiger partial charge >= 0.3 is 0 Å². The third kappa shape index (κ3) is 2.51. The molecule has 0 spiro atoms. The number of benzene rings is 2. The topological polar surface area (TPSA) is 30.2 Å². The van der Waals surface area contributed by atoms with E-state index >= 15 is 0 Å².